The van der Waals surface area contributed by atoms with E-state index in [1.807, 2.05) is 0 Å². The van der Waals surface area contributed by atoms with Crippen LogP contribution >= 0.6 is 0 Å². The smallest absolute Gasteiger partial charge is 0.328 e. The van der Waals surface area contributed by atoms with Crippen LogP contribution in [0.3, 0.4) is 0 Å². The zero-order chi connectivity index (χ0) is 11.6. The quantitative estimate of drug-likeness (QED) is 0.718. The molecule has 1 atom stereocenters. The van der Waals surface area contributed by atoms with Gasteiger partial charge < -0.3 is 10.1 Å². The van der Waals surface area contributed by atoms with Gasteiger partial charge >= 0.3 is 5.97 Å². The average molecular weight is 213 g/mol. The van der Waals surface area contributed by atoms with Crippen LogP contribution in [-0.4, -0.2) is 23.5 Å². The van der Waals surface area contributed by atoms with E-state index in [0.717, 1.165) is 12.8 Å². The molecule has 0 aromatic carbocycles. The molecule has 0 unspecified atom stereocenters. The van der Waals surface area contributed by atoms with Gasteiger partial charge in [0.25, 0.3) is 0 Å². The Morgan fingerprint density at radius 1 is 1.33 bits per heavy atom. The highest BCUT2D eigenvalue weighted by Crippen LogP contribution is 2.28. The second-order valence-corrected chi connectivity index (χ2v) is 5.04. The summed E-state index contributed by atoms with van der Waals surface area (Å²) in [6, 6.07) is -0.558. The van der Waals surface area contributed by atoms with E-state index in [2.05, 4.69) is 5.32 Å². The second kappa shape index (κ2) is 4.21. The molecule has 0 heterocycles. The first kappa shape index (κ1) is 12.0. The van der Waals surface area contributed by atoms with Crippen LogP contribution in [0.2, 0.25) is 0 Å². The lowest BCUT2D eigenvalue weighted by atomic mass is 10.2. The normalized spacial score (nSPS) is 18.1. The number of amides is 1. The molecule has 4 nitrogen and oxygen atoms in total. The fourth-order valence-corrected chi connectivity index (χ4v) is 1.13. The number of hydrogen-bond acceptors (Lipinski definition) is 3. The predicted molar refractivity (Wildman–Crippen MR) is 56.2 cm³/mol. The molecule has 1 amide bonds. The van der Waals surface area contributed by atoms with Crippen LogP contribution < -0.4 is 5.32 Å². The molecule has 4 heteroatoms. The van der Waals surface area contributed by atoms with Crippen molar-refractivity contribution in [2.45, 2.75) is 52.2 Å². The zero-order valence-corrected chi connectivity index (χ0v) is 9.79. The Morgan fingerprint density at radius 3 is 2.27 bits per heavy atom. The number of esters is 1. The minimum absolute atomic E-state index is 0.0339. The third-order valence-corrected chi connectivity index (χ3v) is 2.07. The van der Waals surface area contributed by atoms with E-state index in [1.165, 1.54) is 0 Å². The molecule has 1 fully saturated rings. The maximum atomic E-state index is 11.5. The van der Waals surface area contributed by atoms with Crippen LogP contribution in [0.4, 0.5) is 0 Å². The van der Waals surface area contributed by atoms with Crippen molar-refractivity contribution in [1.82, 2.24) is 5.32 Å². The Bertz CT molecular complexity index is 263. The van der Waals surface area contributed by atoms with Gasteiger partial charge in [-0.2, -0.15) is 0 Å². The second-order valence-electron chi connectivity index (χ2n) is 5.04. The monoisotopic (exact) mass is 213 g/mol. The topological polar surface area (TPSA) is 55.4 Å². The SMILES string of the molecule is C[C@@H](NC(=O)C1CC1)C(=O)OC(C)(C)C. The van der Waals surface area contributed by atoms with E-state index >= 15 is 0 Å². The highest BCUT2D eigenvalue weighted by molar-refractivity contribution is 5.86. The molecule has 0 spiro atoms. The van der Waals surface area contributed by atoms with Gasteiger partial charge in [-0.15, -0.1) is 0 Å². The average Bonchev–Trinajstić information content (AvgIpc) is 2.82. The summed E-state index contributed by atoms with van der Waals surface area (Å²) in [4.78, 5) is 22.9. The van der Waals surface area contributed by atoms with E-state index in [-0.39, 0.29) is 17.8 Å². The highest BCUT2D eigenvalue weighted by Gasteiger charge is 2.32. The molecule has 1 aliphatic rings. The molecule has 86 valence electrons. The van der Waals surface area contributed by atoms with Crippen molar-refractivity contribution in [1.29, 1.82) is 0 Å². The third kappa shape index (κ3) is 4.32. The summed E-state index contributed by atoms with van der Waals surface area (Å²) in [5.41, 5.74) is -0.504. The summed E-state index contributed by atoms with van der Waals surface area (Å²) in [6.45, 7) is 7.06. The molecular weight excluding hydrogens is 194 g/mol. The van der Waals surface area contributed by atoms with Crippen LogP contribution in [0.15, 0.2) is 0 Å². The Balaban J connectivity index is 2.35. The molecule has 0 aromatic heterocycles. The van der Waals surface area contributed by atoms with Gasteiger partial charge in [0.05, 0.1) is 0 Å². The zero-order valence-electron chi connectivity index (χ0n) is 9.79. The van der Waals surface area contributed by atoms with Crippen molar-refractivity contribution in [3.05, 3.63) is 0 Å². The Hall–Kier alpha value is -1.06. The van der Waals surface area contributed by atoms with Gasteiger partial charge in [-0.05, 0) is 40.5 Å². The van der Waals surface area contributed by atoms with Crippen LogP contribution in [0.5, 0.6) is 0 Å². The van der Waals surface area contributed by atoms with Crippen LogP contribution in [0.1, 0.15) is 40.5 Å². The number of hydrogen-bond donors (Lipinski definition) is 1. The van der Waals surface area contributed by atoms with Gasteiger partial charge in [0.1, 0.15) is 11.6 Å². The fourth-order valence-electron chi connectivity index (χ4n) is 1.13. The van der Waals surface area contributed by atoms with Gasteiger partial charge in [-0.1, -0.05) is 0 Å². The number of carbonyl (C=O) groups excluding carboxylic acids is 2. The molecule has 0 saturated heterocycles. The van der Waals surface area contributed by atoms with Crippen LogP contribution in [0, 0.1) is 5.92 Å². The van der Waals surface area contributed by atoms with Crippen LogP contribution in [0.25, 0.3) is 0 Å². The Labute approximate surface area is 90.4 Å². The van der Waals surface area contributed by atoms with Gasteiger partial charge in [-0.25, -0.2) is 4.79 Å². The van der Waals surface area contributed by atoms with Crippen LogP contribution in [-0.2, 0) is 14.3 Å². The lowest BCUT2D eigenvalue weighted by molar-refractivity contribution is -0.158. The molecule has 0 bridgehead atoms. The maximum absolute atomic E-state index is 11.5. The van der Waals surface area contributed by atoms with Crippen molar-refractivity contribution >= 4 is 11.9 Å². The van der Waals surface area contributed by atoms with E-state index in [0.29, 0.717) is 0 Å². The summed E-state index contributed by atoms with van der Waals surface area (Å²) in [5.74, 6) is -0.292. The largest absolute Gasteiger partial charge is 0.458 e. The van der Waals surface area contributed by atoms with Crippen molar-refractivity contribution in [2.75, 3.05) is 0 Å². The third-order valence-electron chi connectivity index (χ3n) is 2.07. The van der Waals surface area contributed by atoms with E-state index in [4.69, 9.17) is 4.74 Å². The number of rotatable bonds is 3. The van der Waals surface area contributed by atoms with E-state index in [1.54, 1.807) is 27.7 Å². The van der Waals surface area contributed by atoms with Gasteiger partial charge in [-0.3, -0.25) is 4.79 Å². The summed E-state index contributed by atoms with van der Waals surface area (Å²) >= 11 is 0. The molecule has 1 N–H and O–H groups in total. The molecule has 0 radical (unpaired) electrons. The summed E-state index contributed by atoms with van der Waals surface area (Å²) in [7, 11) is 0. The molecule has 0 aliphatic heterocycles. The predicted octanol–water partition coefficient (Wildman–Crippen LogP) is 1.24. The van der Waals surface area contributed by atoms with Gasteiger partial charge in [0.15, 0.2) is 0 Å². The van der Waals surface area contributed by atoms with Crippen molar-refractivity contribution in [3.8, 4) is 0 Å². The molecule has 1 rings (SSSR count). The Kier molecular flexibility index (Phi) is 3.37. The number of carbonyl (C=O) groups is 2. The van der Waals surface area contributed by atoms with Crippen molar-refractivity contribution in [3.63, 3.8) is 0 Å². The minimum atomic E-state index is -0.558. The minimum Gasteiger partial charge on any atom is -0.458 e. The lowest BCUT2D eigenvalue weighted by Crippen LogP contribution is -2.42. The molecule has 0 aromatic rings. The first-order valence-electron chi connectivity index (χ1n) is 5.33. The van der Waals surface area contributed by atoms with E-state index in [9.17, 15) is 9.59 Å². The molecule has 1 saturated carbocycles. The van der Waals surface area contributed by atoms with Gasteiger partial charge in [0, 0.05) is 5.92 Å². The van der Waals surface area contributed by atoms with Gasteiger partial charge in [0.2, 0.25) is 5.91 Å². The number of nitrogens with one attached hydrogen (secondary N) is 1. The lowest BCUT2D eigenvalue weighted by Gasteiger charge is -2.22. The summed E-state index contributed by atoms with van der Waals surface area (Å²) in [6.07, 6.45) is 1.87. The standard InChI is InChI=1S/C11H19NO3/c1-7(10(14)15-11(2,3)4)12-9(13)8-5-6-8/h7-8H,5-6H2,1-4H3,(H,12,13)/t7-/m1/s1. The van der Waals surface area contributed by atoms with E-state index < -0.39 is 11.6 Å². The number of ether oxygens (including phenoxy) is 1. The summed E-state index contributed by atoms with van der Waals surface area (Å²) in [5, 5.41) is 2.65. The fraction of sp³-hybridized carbons (Fsp3) is 0.818. The maximum Gasteiger partial charge on any atom is 0.328 e. The van der Waals surface area contributed by atoms with Crippen molar-refractivity contribution in [2.24, 2.45) is 5.92 Å². The first-order chi connectivity index (χ1) is 6.79. The molecular formula is C11H19NO3. The molecule has 15 heavy (non-hydrogen) atoms. The summed E-state index contributed by atoms with van der Waals surface area (Å²) < 4.78 is 5.15. The molecule has 1 aliphatic carbocycles. The highest BCUT2D eigenvalue weighted by atomic mass is 16.6. The van der Waals surface area contributed by atoms with Crippen molar-refractivity contribution < 1.29 is 14.3 Å². The first-order valence-corrected chi connectivity index (χ1v) is 5.33. The Morgan fingerprint density at radius 2 is 1.87 bits per heavy atom.